The Bertz CT molecular complexity index is 830. The van der Waals surface area contributed by atoms with Gasteiger partial charge in [-0.05, 0) is 43.7 Å². The molecule has 0 radical (unpaired) electrons. The van der Waals surface area contributed by atoms with Gasteiger partial charge >= 0.3 is 0 Å². The first-order valence-electron chi connectivity index (χ1n) is 10.0. The van der Waals surface area contributed by atoms with Crippen LogP contribution in [-0.2, 0) is 29.3 Å². The molecule has 1 aliphatic heterocycles. The van der Waals surface area contributed by atoms with Gasteiger partial charge in [-0.2, -0.15) is 0 Å². The number of nitrogens with zero attached hydrogens (tertiary/aromatic N) is 3. The number of aryl methyl sites for hydroxylation is 1. The maximum atomic E-state index is 12.5. The molecule has 0 bridgehead atoms. The molecule has 1 atom stereocenters. The molecule has 2 aromatic rings. The number of rotatable bonds is 8. The number of hydrogen-bond acceptors (Lipinski definition) is 4. The molecule has 0 amide bonds. The highest BCUT2D eigenvalue weighted by Crippen LogP contribution is 2.21. The van der Waals surface area contributed by atoms with Gasteiger partial charge in [-0.1, -0.05) is 44.2 Å². The minimum Gasteiger partial charge on any atom is -0.318 e. The maximum absolute atomic E-state index is 12.5. The summed E-state index contributed by atoms with van der Waals surface area (Å²) in [6.45, 7) is 7.59. The SMILES string of the molecule is CCS(=O)(=O)c1ncc(CN2CCC[C@@H](C)C2)n1CCCc1ccccc1. The Morgan fingerprint density at radius 1 is 1.22 bits per heavy atom. The second-order valence-corrected chi connectivity index (χ2v) is 9.83. The van der Waals surface area contributed by atoms with Gasteiger partial charge in [0, 0.05) is 19.6 Å². The largest absolute Gasteiger partial charge is 0.318 e. The Kier molecular flexibility index (Phi) is 6.71. The summed E-state index contributed by atoms with van der Waals surface area (Å²) in [7, 11) is -3.32. The predicted octanol–water partition coefficient (Wildman–Crippen LogP) is 3.54. The van der Waals surface area contributed by atoms with Crippen molar-refractivity contribution >= 4 is 9.84 Å². The summed E-state index contributed by atoms with van der Waals surface area (Å²) in [5, 5.41) is 0.234. The van der Waals surface area contributed by atoms with Crippen molar-refractivity contribution in [1.29, 1.82) is 0 Å². The van der Waals surface area contributed by atoms with Gasteiger partial charge in [-0.15, -0.1) is 0 Å². The smallest absolute Gasteiger partial charge is 0.227 e. The Hall–Kier alpha value is -1.66. The van der Waals surface area contributed by atoms with Gasteiger partial charge < -0.3 is 4.57 Å². The summed E-state index contributed by atoms with van der Waals surface area (Å²) in [4.78, 5) is 6.75. The van der Waals surface area contributed by atoms with Crippen molar-refractivity contribution in [3.05, 3.63) is 47.8 Å². The van der Waals surface area contributed by atoms with Gasteiger partial charge in [0.1, 0.15) is 0 Å². The van der Waals surface area contributed by atoms with Gasteiger partial charge in [0.05, 0.1) is 17.6 Å². The number of likely N-dealkylation sites (tertiary alicyclic amines) is 1. The summed E-state index contributed by atoms with van der Waals surface area (Å²) in [6, 6.07) is 10.3. The molecule has 1 aromatic carbocycles. The first-order chi connectivity index (χ1) is 13.0. The molecule has 3 rings (SSSR count). The number of sulfone groups is 1. The fourth-order valence-electron chi connectivity index (χ4n) is 3.88. The highest BCUT2D eigenvalue weighted by atomic mass is 32.2. The van der Waals surface area contributed by atoms with Crippen LogP contribution in [0.25, 0.3) is 0 Å². The molecule has 0 aliphatic carbocycles. The van der Waals surface area contributed by atoms with Crippen molar-refractivity contribution in [2.24, 2.45) is 5.92 Å². The number of aromatic nitrogens is 2. The van der Waals surface area contributed by atoms with Crippen LogP contribution in [0.2, 0.25) is 0 Å². The quantitative estimate of drug-likeness (QED) is 0.693. The summed E-state index contributed by atoms with van der Waals surface area (Å²) in [6.07, 6.45) is 6.09. The first-order valence-corrected chi connectivity index (χ1v) is 11.7. The molecule has 1 saturated heterocycles. The lowest BCUT2D eigenvalue weighted by Gasteiger charge is -2.31. The number of piperidine rings is 1. The average molecular weight is 390 g/mol. The van der Waals surface area contributed by atoms with Crippen LogP contribution in [0.4, 0.5) is 0 Å². The zero-order valence-electron chi connectivity index (χ0n) is 16.5. The first kappa shape index (κ1) is 20.1. The van der Waals surface area contributed by atoms with Crippen molar-refractivity contribution in [2.45, 2.75) is 57.8 Å². The summed E-state index contributed by atoms with van der Waals surface area (Å²) in [5.74, 6) is 0.787. The topological polar surface area (TPSA) is 55.2 Å². The Morgan fingerprint density at radius 3 is 2.70 bits per heavy atom. The van der Waals surface area contributed by atoms with Gasteiger partial charge in [0.2, 0.25) is 15.0 Å². The lowest BCUT2D eigenvalue weighted by molar-refractivity contribution is 0.172. The van der Waals surface area contributed by atoms with Crippen LogP contribution in [0, 0.1) is 5.92 Å². The third kappa shape index (κ3) is 5.20. The van der Waals surface area contributed by atoms with E-state index >= 15 is 0 Å². The van der Waals surface area contributed by atoms with Crippen LogP contribution in [0.15, 0.2) is 41.7 Å². The molecule has 148 valence electrons. The summed E-state index contributed by atoms with van der Waals surface area (Å²) < 4.78 is 27.0. The van der Waals surface area contributed by atoms with Crippen molar-refractivity contribution < 1.29 is 8.42 Å². The molecule has 1 aliphatic rings. The molecule has 0 unspecified atom stereocenters. The van der Waals surface area contributed by atoms with E-state index in [4.69, 9.17) is 0 Å². The van der Waals surface area contributed by atoms with E-state index in [2.05, 4.69) is 28.9 Å². The maximum Gasteiger partial charge on any atom is 0.227 e. The fraction of sp³-hybridized carbons (Fsp3) is 0.571. The Morgan fingerprint density at radius 2 is 2.00 bits per heavy atom. The number of imidazole rings is 1. The lowest BCUT2D eigenvalue weighted by Crippen LogP contribution is -2.34. The molecule has 1 aromatic heterocycles. The van der Waals surface area contributed by atoms with Gasteiger partial charge in [0.15, 0.2) is 0 Å². The van der Waals surface area contributed by atoms with E-state index in [9.17, 15) is 8.42 Å². The highest BCUT2D eigenvalue weighted by molar-refractivity contribution is 7.91. The fourth-order valence-corrected chi connectivity index (χ4v) is 4.90. The molecule has 0 saturated carbocycles. The van der Waals surface area contributed by atoms with E-state index in [0.29, 0.717) is 12.5 Å². The standard InChI is InChI=1S/C21H31N3O2S/c1-3-27(25,26)21-22-15-20(17-23-13-7-9-18(2)16-23)24(21)14-8-12-19-10-5-4-6-11-19/h4-6,10-11,15,18H,3,7-9,12-14,16-17H2,1-2H3/t18-/m1/s1. The van der Waals surface area contributed by atoms with Crippen LogP contribution < -0.4 is 0 Å². The zero-order chi connectivity index (χ0) is 19.3. The normalized spacial score (nSPS) is 18.7. The van der Waals surface area contributed by atoms with E-state index in [1.807, 2.05) is 22.8 Å². The average Bonchev–Trinajstić information content (AvgIpc) is 3.06. The molecule has 2 heterocycles. The van der Waals surface area contributed by atoms with E-state index in [1.165, 1.54) is 18.4 Å². The van der Waals surface area contributed by atoms with Gasteiger partial charge in [0.25, 0.3) is 0 Å². The van der Waals surface area contributed by atoms with Crippen LogP contribution in [0.3, 0.4) is 0 Å². The second kappa shape index (κ2) is 9.02. The summed E-state index contributed by atoms with van der Waals surface area (Å²) in [5.41, 5.74) is 2.30. The second-order valence-electron chi connectivity index (χ2n) is 7.66. The monoisotopic (exact) mass is 389 g/mol. The molecule has 0 N–H and O–H groups in total. The molecule has 27 heavy (non-hydrogen) atoms. The number of hydrogen-bond donors (Lipinski definition) is 0. The Labute approximate surface area is 163 Å². The van der Waals surface area contributed by atoms with E-state index in [0.717, 1.165) is 38.2 Å². The summed E-state index contributed by atoms with van der Waals surface area (Å²) >= 11 is 0. The third-order valence-corrected chi connectivity index (χ3v) is 7.02. The zero-order valence-corrected chi connectivity index (χ0v) is 17.3. The third-order valence-electron chi connectivity index (χ3n) is 5.38. The Balaban J connectivity index is 1.76. The minimum atomic E-state index is -3.32. The van der Waals surface area contributed by atoms with Crippen LogP contribution in [-0.4, -0.2) is 41.7 Å². The van der Waals surface area contributed by atoms with Crippen LogP contribution >= 0.6 is 0 Å². The molecule has 0 spiro atoms. The van der Waals surface area contributed by atoms with Gasteiger partial charge in [-0.3, -0.25) is 4.90 Å². The van der Waals surface area contributed by atoms with Crippen molar-refractivity contribution in [2.75, 3.05) is 18.8 Å². The van der Waals surface area contributed by atoms with Crippen molar-refractivity contribution in [3.63, 3.8) is 0 Å². The number of benzene rings is 1. The van der Waals surface area contributed by atoms with Crippen LogP contribution in [0.1, 0.15) is 44.4 Å². The van der Waals surface area contributed by atoms with Crippen molar-refractivity contribution in [3.8, 4) is 0 Å². The lowest BCUT2D eigenvalue weighted by atomic mass is 10.0. The molecule has 5 nitrogen and oxygen atoms in total. The molecule has 6 heteroatoms. The predicted molar refractivity (Wildman–Crippen MR) is 108 cm³/mol. The molecular formula is C21H31N3O2S. The van der Waals surface area contributed by atoms with Gasteiger partial charge in [-0.25, -0.2) is 13.4 Å². The van der Waals surface area contributed by atoms with E-state index in [-0.39, 0.29) is 10.9 Å². The van der Waals surface area contributed by atoms with E-state index in [1.54, 1.807) is 13.1 Å². The van der Waals surface area contributed by atoms with E-state index < -0.39 is 9.84 Å². The molecular weight excluding hydrogens is 358 g/mol. The minimum absolute atomic E-state index is 0.0862. The molecule has 1 fully saturated rings. The highest BCUT2D eigenvalue weighted by Gasteiger charge is 2.23. The van der Waals surface area contributed by atoms with Crippen molar-refractivity contribution in [1.82, 2.24) is 14.5 Å². The van der Waals surface area contributed by atoms with Crippen LogP contribution in [0.5, 0.6) is 0 Å².